The largest absolute Gasteiger partial charge is 0.339 e. The van der Waals surface area contributed by atoms with Gasteiger partial charge in [-0.2, -0.15) is 0 Å². The predicted octanol–water partition coefficient (Wildman–Crippen LogP) is 3.06. The van der Waals surface area contributed by atoms with Gasteiger partial charge in [-0.25, -0.2) is 0 Å². The summed E-state index contributed by atoms with van der Waals surface area (Å²) in [6.07, 6.45) is 7.50. The molecule has 1 saturated carbocycles. The van der Waals surface area contributed by atoms with E-state index in [-0.39, 0.29) is 35.9 Å². The second-order valence-corrected chi connectivity index (χ2v) is 7.90. The standard InChI is InChI=1S/C20H25N3O4/c24-19-11-15(13-22(19)16-6-2-1-3-7-16)20(25)21-10-4-5-14-8-9-17(23(26)27)12-18(14)21/h8-9,12,15-16H,1-7,10-11,13H2. The summed E-state index contributed by atoms with van der Waals surface area (Å²) in [6, 6.07) is 5.03. The Hall–Kier alpha value is -2.44. The Labute approximate surface area is 158 Å². The Morgan fingerprint density at radius 2 is 1.93 bits per heavy atom. The molecule has 1 unspecified atom stereocenters. The highest BCUT2D eigenvalue weighted by atomic mass is 16.6. The molecule has 7 nitrogen and oxygen atoms in total. The lowest BCUT2D eigenvalue weighted by molar-refractivity contribution is -0.384. The molecular weight excluding hydrogens is 346 g/mol. The van der Waals surface area contributed by atoms with Crippen molar-refractivity contribution in [2.24, 2.45) is 5.92 Å². The molecule has 1 aromatic carbocycles. The SMILES string of the molecule is O=C(C1CC(=O)N(C2CCCCC2)C1)N1CCCc2ccc([N+](=O)[O-])cc21. The number of hydrogen-bond donors (Lipinski definition) is 0. The smallest absolute Gasteiger partial charge is 0.271 e. The third-order valence-electron chi connectivity index (χ3n) is 6.19. The van der Waals surface area contributed by atoms with E-state index in [0.717, 1.165) is 44.1 Å². The average Bonchev–Trinajstić information content (AvgIpc) is 3.09. The van der Waals surface area contributed by atoms with Crippen LogP contribution in [0.4, 0.5) is 11.4 Å². The van der Waals surface area contributed by atoms with E-state index in [1.807, 2.05) is 4.90 Å². The number of amides is 2. The van der Waals surface area contributed by atoms with Crippen molar-refractivity contribution in [2.75, 3.05) is 18.0 Å². The Morgan fingerprint density at radius 3 is 2.67 bits per heavy atom. The van der Waals surface area contributed by atoms with Gasteiger partial charge in [-0.1, -0.05) is 25.3 Å². The number of carbonyl (C=O) groups is 2. The van der Waals surface area contributed by atoms with Crippen molar-refractivity contribution in [1.29, 1.82) is 0 Å². The molecule has 4 rings (SSSR count). The van der Waals surface area contributed by atoms with Crippen molar-refractivity contribution in [2.45, 2.75) is 57.4 Å². The molecule has 3 aliphatic rings. The number of nitrogens with zero attached hydrogens (tertiary/aromatic N) is 3. The maximum absolute atomic E-state index is 13.2. The molecule has 0 bridgehead atoms. The third kappa shape index (κ3) is 3.42. The van der Waals surface area contributed by atoms with Crippen LogP contribution in [0.3, 0.4) is 0 Å². The van der Waals surface area contributed by atoms with E-state index in [1.165, 1.54) is 18.6 Å². The minimum atomic E-state index is -0.429. The molecular formula is C20H25N3O4. The van der Waals surface area contributed by atoms with Crippen molar-refractivity contribution >= 4 is 23.2 Å². The molecule has 7 heteroatoms. The summed E-state index contributed by atoms with van der Waals surface area (Å²) in [7, 11) is 0. The Kier molecular flexibility index (Phi) is 4.85. The highest BCUT2D eigenvalue weighted by Gasteiger charge is 2.40. The lowest BCUT2D eigenvalue weighted by Gasteiger charge is -2.33. The van der Waals surface area contributed by atoms with Crippen LogP contribution in [0.5, 0.6) is 0 Å². The Morgan fingerprint density at radius 1 is 1.15 bits per heavy atom. The van der Waals surface area contributed by atoms with Crippen LogP contribution in [0.1, 0.15) is 50.5 Å². The molecule has 1 atom stereocenters. The summed E-state index contributed by atoms with van der Waals surface area (Å²) in [6.45, 7) is 1.05. The second kappa shape index (κ2) is 7.29. The van der Waals surface area contributed by atoms with Gasteiger partial charge in [-0.3, -0.25) is 19.7 Å². The molecule has 2 amide bonds. The van der Waals surface area contributed by atoms with E-state index < -0.39 is 4.92 Å². The summed E-state index contributed by atoms with van der Waals surface area (Å²) in [5.41, 5.74) is 1.61. The van der Waals surface area contributed by atoms with E-state index in [2.05, 4.69) is 0 Å². The second-order valence-electron chi connectivity index (χ2n) is 7.90. The van der Waals surface area contributed by atoms with E-state index in [0.29, 0.717) is 18.8 Å². The number of nitro benzene ring substituents is 1. The number of fused-ring (bicyclic) bond motifs is 1. The number of hydrogen-bond acceptors (Lipinski definition) is 4. The number of carbonyl (C=O) groups excluding carboxylic acids is 2. The fraction of sp³-hybridized carbons (Fsp3) is 0.600. The summed E-state index contributed by atoms with van der Waals surface area (Å²) in [5.74, 6) is -0.329. The number of benzene rings is 1. The number of rotatable bonds is 3. The summed E-state index contributed by atoms with van der Waals surface area (Å²) >= 11 is 0. The minimum absolute atomic E-state index is 0.000203. The summed E-state index contributed by atoms with van der Waals surface area (Å²) in [4.78, 5) is 40.0. The molecule has 144 valence electrons. The van der Waals surface area contributed by atoms with E-state index in [4.69, 9.17) is 0 Å². The fourth-order valence-corrected chi connectivity index (χ4v) is 4.77. The Bertz CT molecular complexity index is 772. The topological polar surface area (TPSA) is 83.8 Å². The van der Waals surface area contributed by atoms with Crippen LogP contribution in [0.2, 0.25) is 0 Å². The Balaban J connectivity index is 1.53. The van der Waals surface area contributed by atoms with Crippen LogP contribution in [0.25, 0.3) is 0 Å². The van der Waals surface area contributed by atoms with Gasteiger partial charge in [0.15, 0.2) is 0 Å². The zero-order valence-corrected chi connectivity index (χ0v) is 15.4. The van der Waals surface area contributed by atoms with Gasteiger partial charge >= 0.3 is 0 Å². The number of anilines is 1. The maximum atomic E-state index is 13.2. The maximum Gasteiger partial charge on any atom is 0.271 e. The average molecular weight is 371 g/mol. The fourth-order valence-electron chi connectivity index (χ4n) is 4.77. The van der Waals surface area contributed by atoms with Gasteiger partial charge < -0.3 is 9.80 Å². The van der Waals surface area contributed by atoms with Crippen LogP contribution in [-0.4, -0.2) is 40.8 Å². The van der Waals surface area contributed by atoms with Gasteiger partial charge in [0.1, 0.15) is 0 Å². The van der Waals surface area contributed by atoms with Gasteiger partial charge in [-0.05, 0) is 31.2 Å². The molecule has 0 radical (unpaired) electrons. The highest BCUT2D eigenvalue weighted by molar-refractivity contribution is 6.00. The number of nitro groups is 1. The molecule has 27 heavy (non-hydrogen) atoms. The van der Waals surface area contributed by atoms with Crippen molar-refractivity contribution in [1.82, 2.24) is 4.90 Å². The van der Waals surface area contributed by atoms with Crippen LogP contribution in [0.15, 0.2) is 18.2 Å². The highest BCUT2D eigenvalue weighted by Crippen LogP contribution is 2.34. The quantitative estimate of drug-likeness (QED) is 0.604. The molecule has 2 heterocycles. The summed E-state index contributed by atoms with van der Waals surface area (Å²) in [5, 5.41) is 11.1. The molecule has 2 fully saturated rings. The molecule has 2 aliphatic heterocycles. The number of non-ortho nitro benzene ring substituents is 1. The van der Waals surface area contributed by atoms with Gasteiger partial charge in [0.2, 0.25) is 11.8 Å². The predicted molar refractivity (Wildman–Crippen MR) is 100 cm³/mol. The number of likely N-dealkylation sites (tertiary alicyclic amines) is 1. The van der Waals surface area contributed by atoms with Gasteiger partial charge in [0, 0.05) is 37.7 Å². The monoisotopic (exact) mass is 371 g/mol. The van der Waals surface area contributed by atoms with Crippen molar-refractivity contribution in [3.63, 3.8) is 0 Å². The molecule has 1 aliphatic carbocycles. The molecule has 1 saturated heterocycles. The van der Waals surface area contributed by atoms with Crippen molar-refractivity contribution in [3.05, 3.63) is 33.9 Å². The summed E-state index contributed by atoms with van der Waals surface area (Å²) < 4.78 is 0. The lowest BCUT2D eigenvalue weighted by Crippen LogP contribution is -2.42. The zero-order valence-electron chi connectivity index (χ0n) is 15.4. The third-order valence-corrected chi connectivity index (χ3v) is 6.19. The van der Waals surface area contributed by atoms with Gasteiger partial charge in [-0.15, -0.1) is 0 Å². The van der Waals surface area contributed by atoms with Gasteiger partial charge in [0.05, 0.1) is 16.5 Å². The van der Waals surface area contributed by atoms with Crippen LogP contribution >= 0.6 is 0 Å². The van der Waals surface area contributed by atoms with Crippen LogP contribution in [0, 0.1) is 16.0 Å². The van der Waals surface area contributed by atoms with Crippen LogP contribution in [-0.2, 0) is 16.0 Å². The van der Waals surface area contributed by atoms with Crippen molar-refractivity contribution in [3.8, 4) is 0 Å². The van der Waals surface area contributed by atoms with E-state index in [1.54, 1.807) is 11.0 Å². The van der Waals surface area contributed by atoms with E-state index >= 15 is 0 Å². The van der Waals surface area contributed by atoms with Crippen molar-refractivity contribution < 1.29 is 14.5 Å². The number of aryl methyl sites for hydroxylation is 1. The lowest BCUT2D eigenvalue weighted by atomic mass is 9.94. The minimum Gasteiger partial charge on any atom is -0.339 e. The van der Waals surface area contributed by atoms with Crippen LogP contribution < -0.4 is 4.90 Å². The first-order chi connectivity index (χ1) is 13.0. The van der Waals surface area contributed by atoms with Gasteiger partial charge in [0.25, 0.3) is 5.69 Å². The first-order valence-corrected chi connectivity index (χ1v) is 9.93. The molecule has 0 N–H and O–H groups in total. The normalized spacial score (nSPS) is 23.4. The first kappa shape index (κ1) is 17.9. The molecule has 0 aromatic heterocycles. The molecule has 0 spiro atoms. The zero-order chi connectivity index (χ0) is 19.0. The molecule has 1 aromatic rings. The first-order valence-electron chi connectivity index (χ1n) is 9.93. The van der Waals surface area contributed by atoms with E-state index in [9.17, 15) is 19.7 Å².